The number of aromatic nitrogens is 2. The third-order valence-corrected chi connectivity index (χ3v) is 4.40. The second-order valence-electron chi connectivity index (χ2n) is 4.58. The zero-order valence-corrected chi connectivity index (χ0v) is 12.0. The highest BCUT2D eigenvalue weighted by Gasteiger charge is 2.33. The quantitative estimate of drug-likeness (QED) is 0.812. The van der Waals surface area contributed by atoms with Gasteiger partial charge in [0.15, 0.2) is 5.16 Å². The fraction of sp³-hybridized carbons (Fsp3) is 0.200. The van der Waals surface area contributed by atoms with Crippen LogP contribution in [0.5, 0.6) is 0 Å². The molecule has 1 aromatic carbocycles. The summed E-state index contributed by atoms with van der Waals surface area (Å²) in [5.74, 6) is 0.0668. The molecule has 104 valence electrons. The normalized spacial score (nSPS) is 17.8. The Bertz CT molecular complexity index is 681. The van der Waals surface area contributed by atoms with E-state index in [1.54, 1.807) is 35.5 Å². The summed E-state index contributed by atoms with van der Waals surface area (Å²) in [4.78, 5) is 22.5. The predicted octanol–water partition coefficient (Wildman–Crippen LogP) is 2.25. The molecule has 1 saturated heterocycles. The number of amides is 1. The van der Waals surface area contributed by atoms with Crippen molar-refractivity contribution in [2.24, 2.45) is 0 Å². The monoisotopic (exact) mass is 296 g/mol. The lowest BCUT2D eigenvalue weighted by molar-refractivity contribution is -0.116. The van der Waals surface area contributed by atoms with Crippen LogP contribution in [0.15, 0.2) is 47.9 Å². The van der Waals surface area contributed by atoms with Crippen molar-refractivity contribution in [3.05, 3.63) is 48.3 Å². The average Bonchev–Trinajstić information content (AvgIpc) is 2.89. The number of nitriles is 1. The minimum absolute atomic E-state index is 0.0668. The van der Waals surface area contributed by atoms with Crippen molar-refractivity contribution in [2.75, 3.05) is 11.4 Å². The van der Waals surface area contributed by atoms with Crippen LogP contribution in [0.1, 0.15) is 12.0 Å². The molecule has 0 unspecified atom stereocenters. The number of hydrogen-bond donors (Lipinski definition) is 0. The molecule has 3 rings (SSSR count). The molecule has 0 bridgehead atoms. The van der Waals surface area contributed by atoms with Crippen molar-refractivity contribution < 1.29 is 4.79 Å². The van der Waals surface area contributed by atoms with Gasteiger partial charge in [-0.1, -0.05) is 11.8 Å². The molecule has 2 aromatic rings. The van der Waals surface area contributed by atoms with E-state index in [1.807, 2.05) is 12.1 Å². The number of hydrogen-bond acceptors (Lipinski definition) is 5. The van der Waals surface area contributed by atoms with Gasteiger partial charge < -0.3 is 4.90 Å². The van der Waals surface area contributed by atoms with Crippen LogP contribution in [-0.4, -0.2) is 27.7 Å². The van der Waals surface area contributed by atoms with Crippen LogP contribution in [0, 0.1) is 11.3 Å². The smallest absolute Gasteiger partial charge is 0.240 e. The Kier molecular flexibility index (Phi) is 3.84. The van der Waals surface area contributed by atoms with Gasteiger partial charge in [0, 0.05) is 24.6 Å². The van der Waals surface area contributed by atoms with E-state index in [2.05, 4.69) is 16.0 Å². The second kappa shape index (κ2) is 5.94. The number of rotatable bonds is 3. The van der Waals surface area contributed by atoms with E-state index in [9.17, 15) is 4.79 Å². The Balaban J connectivity index is 1.72. The largest absolute Gasteiger partial charge is 0.311 e. The minimum atomic E-state index is -0.150. The summed E-state index contributed by atoms with van der Waals surface area (Å²) in [5, 5.41) is 9.28. The lowest BCUT2D eigenvalue weighted by atomic mass is 10.2. The molecule has 2 heterocycles. The van der Waals surface area contributed by atoms with Crippen molar-refractivity contribution >= 4 is 23.4 Å². The lowest BCUT2D eigenvalue weighted by Crippen LogP contribution is -2.28. The van der Waals surface area contributed by atoms with Crippen molar-refractivity contribution in [3.8, 4) is 6.07 Å². The first-order chi connectivity index (χ1) is 10.3. The Labute approximate surface area is 126 Å². The first-order valence-electron chi connectivity index (χ1n) is 6.53. The van der Waals surface area contributed by atoms with Gasteiger partial charge in [-0.05, 0) is 36.8 Å². The molecule has 0 saturated carbocycles. The van der Waals surface area contributed by atoms with E-state index in [1.165, 1.54) is 11.8 Å². The Morgan fingerprint density at radius 3 is 2.62 bits per heavy atom. The van der Waals surface area contributed by atoms with E-state index in [0.717, 1.165) is 12.1 Å². The van der Waals surface area contributed by atoms with Crippen LogP contribution in [0.4, 0.5) is 5.69 Å². The molecule has 0 aliphatic carbocycles. The minimum Gasteiger partial charge on any atom is -0.311 e. The maximum atomic E-state index is 12.4. The molecule has 1 fully saturated rings. The highest BCUT2D eigenvalue weighted by atomic mass is 32.2. The number of thioether (sulfide) groups is 1. The molecule has 1 aromatic heterocycles. The number of carbonyl (C=O) groups excluding carboxylic acids is 1. The summed E-state index contributed by atoms with van der Waals surface area (Å²) in [6.45, 7) is 0.676. The van der Waals surface area contributed by atoms with Gasteiger partial charge in [-0.15, -0.1) is 0 Å². The molecule has 1 aliphatic rings. The highest BCUT2D eigenvalue weighted by Crippen LogP contribution is 2.31. The molecule has 6 heteroatoms. The molecule has 1 atom stereocenters. The molecule has 1 amide bonds. The van der Waals surface area contributed by atoms with Gasteiger partial charge in [-0.2, -0.15) is 5.26 Å². The molecule has 0 radical (unpaired) electrons. The van der Waals surface area contributed by atoms with Crippen molar-refractivity contribution in [2.45, 2.75) is 16.8 Å². The standard InChI is InChI=1S/C15H12N4OS/c16-10-11-2-4-12(5-3-11)19-9-6-13(14(19)20)21-15-17-7-1-8-18-15/h1-5,7-8,13H,6,9H2/t13-/m0/s1. The van der Waals surface area contributed by atoms with Crippen molar-refractivity contribution in [1.82, 2.24) is 9.97 Å². The number of nitrogens with zero attached hydrogens (tertiary/aromatic N) is 4. The molecular weight excluding hydrogens is 284 g/mol. The van der Waals surface area contributed by atoms with Gasteiger partial charge in [0.1, 0.15) is 0 Å². The SMILES string of the molecule is N#Cc1ccc(N2CC[C@H](Sc3ncccn3)C2=O)cc1. The first kappa shape index (κ1) is 13.6. The van der Waals surface area contributed by atoms with Gasteiger partial charge in [-0.25, -0.2) is 9.97 Å². The van der Waals surface area contributed by atoms with Crippen LogP contribution in [0.3, 0.4) is 0 Å². The fourth-order valence-electron chi connectivity index (χ4n) is 2.21. The fourth-order valence-corrected chi connectivity index (χ4v) is 3.16. The van der Waals surface area contributed by atoms with Gasteiger partial charge in [0.05, 0.1) is 16.9 Å². The van der Waals surface area contributed by atoms with Crippen molar-refractivity contribution in [3.63, 3.8) is 0 Å². The van der Waals surface area contributed by atoms with Gasteiger partial charge in [0.2, 0.25) is 5.91 Å². The van der Waals surface area contributed by atoms with Crippen LogP contribution in [-0.2, 0) is 4.79 Å². The van der Waals surface area contributed by atoms with Gasteiger partial charge in [-0.3, -0.25) is 4.79 Å². The third kappa shape index (κ3) is 2.88. The summed E-state index contributed by atoms with van der Waals surface area (Å²) in [6, 6.07) is 10.9. The zero-order chi connectivity index (χ0) is 14.7. The molecule has 0 spiro atoms. The summed E-state index contributed by atoms with van der Waals surface area (Å²) in [6.07, 6.45) is 4.11. The van der Waals surface area contributed by atoms with E-state index in [-0.39, 0.29) is 11.2 Å². The van der Waals surface area contributed by atoms with Crippen molar-refractivity contribution in [1.29, 1.82) is 5.26 Å². The number of carbonyl (C=O) groups is 1. The molecule has 21 heavy (non-hydrogen) atoms. The molecule has 0 N–H and O–H groups in total. The first-order valence-corrected chi connectivity index (χ1v) is 7.41. The molecule has 1 aliphatic heterocycles. The van der Waals surface area contributed by atoms with Gasteiger partial charge >= 0.3 is 0 Å². The third-order valence-electron chi connectivity index (χ3n) is 3.25. The van der Waals surface area contributed by atoms with Crippen LogP contribution in [0.25, 0.3) is 0 Å². The second-order valence-corrected chi connectivity index (χ2v) is 5.74. The summed E-state index contributed by atoms with van der Waals surface area (Å²) in [5.41, 5.74) is 1.42. The van der Waals surface area contributed by atoms with Crippen LogP contribution in [0.2, 0.25) is 0 Å². The Hall–Kier alpha value is -2.39. The summed E-state index contributed by atoms with van der Waals surface area (Å²) >= 11 is 1.40. The van der Waals surface area contributed by atoms with E-state index < -0.39 is 0 Å². The topological polar surface area (TPSA) is 69.9 Å². The van der Waals surface area contributed by atoms with E-state index >= 15 is 0 Å². The number of benzene rings is 1. The van der Waals surface area contributed by atoms with E-state index in [0.29, 0.717) is 17.3 Å². The highest BCUT2D eigenvalue weighted by molar-refractivity contribution is 8.00. The Morgan fingerprint density at radius 2 is 1.95 bits per heavy atom. The van der Waals surface area contributed by atoms with Gasteiger partial charge in [0.25, 0.3) is 0 Å². The maximum absolute atomic E-state index is 12.4. The average molecular weight is 296 g/mol. The zero-order valence-electron chi connectivity index (χ0n) is 11.1. The summed E-state index contributed by atoms with van der Waals surface area (Å²) < 4.78 is 0. The summed E-state index contributed by atoms with van der Waals surface area (Å²) in [7, 11) is 0. The van der Waals surface area contributed by atoms with E-state index in [4.69, 9.17) is 5.26 Å². The molecular formula is C15H12N4OS. The predicted molar refractivity (Wildman–Crippen MR) is 79.8 cm³/mol. The maximum Gasteiger partial charge on any atom is 0.240 e. The lowest BCUT2D eigenvalue weighted by Gasteiger charge is -2.16. The Morgan fingerprint density at radius 1 is 1.24 bits per heavy atom. The van der Waals surface area contributed by atoms with Crippen LogP contribution >= 0.6 is 11.8 Å². The molecule has 5 nitrogen and oxygen atoms in total. The number of anilines is 1. The van der Waals surface area contributed by atoms with Crippen LogP contribution < -0.4 is 4.90 Å².